The van der Waals surface area contributed by atoms with Gasteiger partial charge in [-0.3, -0.25) is 0 Å². The van der Waals surface area contributed by atoms with Gasteiger partial charge >= 0.3 is 6.18 Å². The molecule has 3 heteroatoms. The van der Waals surface area contributed by atoms with E-state index in [1.54, 1.807) is 6.92 Å². The molecule has 0 spiro atoms. The molecular formula is C8H13F3. The average Bonchev–Trinajstić information content (AvgIpc) is 2.36. The van der Waals surface area contributed by atoms with Gasteiger partial charge in [0.15, 0.2) is 0 Å². The van der Waals surface area contributed by atoms with E-state index in [1.165, 1.54) is 6.92 Å². The molecule has 0 nitrogen and oxygen atoms in total. The number of alkyl halides is 3. The lowest BCUT2D eigenvalue weighted by atomic mass is 10.0. The Morgan fingerprint density at radius 1 is 1.36 bits per heavy atom. The summed E-state index contributed by atoms with van der Waals surface area (Å²) in [5, 5.41) is 0. The highest BCUT2D eigenvalue weighted by Gasteiger charge is 2.71. The van der Waals surface area contributed by atoms with Gasteiger partial charge in [-0.2, -0.15) is 13.2 Å². The van der Waals surface area contributed by atoms with Gasteiger partial charge in [-0.1, -0.05) is 27.2 Å². The van der Waals surface area contributed by atoms with Crippen molar-refractivity contribution in [3.8, 4) is 0 Å². The van der Waals surface area contributed by atoms with Crippen molar-refractivity contribution in [2.24, 2.45) is 17.3 Å². The van der Waals surface area contributed by atoms with E-state index in [0.29, 0.717) is 6.42 Å². The monoisotopic (exact) mass is 166 g/mol. The molecule has 0 radical (unpaired) electrons. The normalized spacial score (nSPS) is 44.2. The van der Waals surface area contributed by atoms with Crippen molar-refractivity contribution < 1.29 is 13.2 Å². The van der Waals surface area contributed by atoms with Crippen LogP contribution in [0.5, 0.6) is 0 Å². The summed E-state index contributed by atoms with van der Waals surface area (Å²) in [6.45, 7) is 4.83. The highest BCUT2D eigenvalue weighted by Crippen LogP contribution is 2.67. The molecule has 0 aliphatic heterocycles. The Bertz CT molecular complexity index is 161. The molecule has 3 atom stereocenters. The van der Waals surface area contributed by atoms with Crippen LogP contribution >= 0.6 is 0 Å². The molecule has 3 unspecified atom stereocenters. The van der Waals surface area contributed by atoms with Gasteiger partial charge in [0.25, 0.3) is 0 Å². The third-order valence-corrected chi connectivity index (χ3v) is 3.26. The van der Waals surface area contributed by atoms with Crippen molar-refractivity contribution >= 4 is 0 Å². The standard InChI is InChI=1S/C8H13F3/c1-4-6-5(2)7(6,3)8(9,10)11/h5-6H,4H2,1-3H3. The van der Waals surface area contributed by atoms with Crippen LogP contribution in [0, 0.1) is 17.3 Å². The van der Waals surface area contributed by atoms with Crippen molar-refractivity contribution in [3.63, 3.8) is 0 Å². The molecule has 1 fully saturated rings. The lowest BCUT2D eigenvalue weighted by Crippen LogP contribution is -2.24. The number of halogens is 3. The molecule has 0 saturated heterocycles. The molecule has 1 rings (SSSR count). The van der Waals surface area contributed by atoms with Gasteiger partial charge in [0.2, 0.25) is 0 Å². The van der Waals surface area contributed by atoms with E-state index < -0.39 is 11.6 Å². The predicted octanol–water partition coefficient (Wildman–Crippen LogP) is 3.23. The van der Waals surface area contributed by atoms with E-state index in [0.717, 1.165) is 0 Å². The second-order valence-electron chi connectivity index (χ2n) is 3.58. The maximum atomic E-state index is 12.3. The molecule has 66 valence electrons. The fourth-order valence-corrected chi connectivity index (χ4v) is 2.08. The van der Waals surface area contributed by atoms with Crippen LogP contribution in [0.3, 0.4) is 0 Å². The van der Waals surface area contributed by atoms with Crippen molar-refractivity contribution in [1.82, 2.24) is 0 Å². The van der Waals surface area contributed by atoms with E-state index in [9.17, 15) is 13.2 Å². The minimum atomic E-state index is -4.01. The van der Waals surface area contributed by atoms with Crippen LogP contribution in [0.1, 0.15) is 27.2 Å². The molecule has 0 bridgehead atoms. The fraction of sp³-hybridized carbons (Fsp3) is 1.00. The number of rotatable bonds is 1. The van der Waals surface area contributed by atoms with E-state index in [2.05, 4.69) is 0 Å². The van der Waals surface area contributed by atoms with Crippen LogP contribution in [-0.2, 0) is 0 Å². The van der Waals surface area contributed by atoms with Crippen molar-refractivity contribution in [2.45, 2.75) is 33.4 Å². The van der Waals surface area contributed by atoms with E-state index in [1.807, 2.05) is 6.92 Å². The van der Waals surface area contributed by atoms with E-state index in [4.69, 9.17) is 0 Å². The van der Waals surface area contributed by atoms with Gasteiger partial charge in [0, 0.05) is 0 Å². The predicted molar refractivity (Wildman–Crippen MR) is 37.1 cm³/mol. The Morgan fingerprint density at radius 3 is 1.91 bits per heavy atom. The lowest BCUT2D eigenvalue weighted by molar-refractivity contribution is -0.189. The molecule has 11 heavy (non-hydrogen) atoms. The highest BCUT2D eigenvalue weighted by molar-refractivity contribution is 5.08. The quantitative estimate of drug-likeness (QED) is 0.561. The van der Waals surface area contributed by atoms with Crippen molar-refractivity contribution in [2.75, 3.05) is 0 Å². The van der Waals surface area contributed by atoms with Crippen LogP contribution < -0.4 is 0 Å². The summed E-state index contributed by atoms with van der Waals surface area (Å²) in [6, 6.07) is 0. The average molecular weight is 166 g/mol. The molecule has 0 N–H and O–H groups in total. The Hall–Kier alpha value is -0.210. The summed E-state index contributed by atoms with van der Waals surface area (Å²) < 4.78 is 36.9. The molecule has 1 aliphatic rings. The van der Waals surface area contributed by atoms with Gasteiger partial charge in [0.05, 0.1) is 5.41 Å². The van der Waals surface area contributed by atoms with E-state index >= 15 is 0 Å². The van der Waals surface area contributed by atoms with Crippen molar-refractivity contribution in [1.29, 1.82) is 0 Å². The Labute approximate surface area is 64.8 Å². The van der Waals surface area contributed by atoms with Crippen LogP contribution in [0.25, 0.3) is 0 Å². The first-order valence-electron chi connectivity index (χ1n) is 3.92. The SMILES string of the molecule is CCC1C(C)C1(C)C(F)(F)F. The van der Waals surface area contributed by atoms with Crippen LogP contribution in [0.2, 0.25) is 0 Å². The third-order valence-electron chi connectivity index (χ3n) is 3.26. The maximum absolute atomic E-state index is 12.3. The molecule has 0 aromatic rings. The zero-order valence-corrected chi connectivity index (χ0v) is 7.00. The zero-order valence-electron chi connectivity index (χ0n) is 7.00. The molecule has 0 heterocycles. The summed E-state index contributed by atoms with van der Waals surface area (Å²) in [5.41, 5.74) is -1.39. The Balaban J connectivity index is 2.73. The largest absolute Gasteiger partial charge is 0.394 e. The minimum absolute atomic E-state index is 0.150. The first kappa shape index (κ1) is 8.88. The third kappa shape index (κ3) is 0.967. The Kier molecular flexibility index (Phi) is 1.73. The van der Waals surface area contributed by atoms with Crippen LogP contribution in [0.4, 0.5) is 13.2 Å². The second-order valence-corrected chi connectivity index (χ2v) is 3.58. The van der Waals surface area contributed by atoms with Gasteiger partial charge < -0.3 is 0 Å². The van der Waals surface area contributed by atoms with Gasteiger partial charge in [-0.15, -0.1) is 0 Å². The maximum Gasteiger partial charge on any atom is 0.394 e. The zero-order chi connectivity index (χ0) is 8.86. The smallest absolute Gasteiger partial charge is 0.170 e. The van der Waals surface area contributed by atoms with Gasteiger partial charge in [0.1, 0.15) is 0 Å². The molecule has 1 aliphatic carbocycles. The fourth-order valence-electron chi connectivity index (χ4n) is 2.08. The molecule has 1 saturated carbocycles. The lowest BCUT2D eigenvalue weighted by Gasteiger charge is -2.15. The summed E-state index contributed by atoms with van der Waals surface area (Å²) >= 11 is 0. The van der Waals surface area contributed by atoms with Gasteiger partial charge in [-0.25, -0.2) is 0 Å². The van der Waals surface area contributed by atoms with Crippen LogP contribution in [0.15, 0.2) is 0 Å². The van der Waals surface area contributed by atoms with Gasteiger partial charge in [-0.05, 0) is 11.8 Å². The highest BCUT2D eigenvalue weighted by atomic mass is 19.4. The molecular weight excluding hydrogens is 153 g/mol. The van der Waals surface area contributed by atoms with Crippen molar-refractivity contribution in [3.05, 3.63) is 0 Å². The summed E-state index contributed by atoms with van der Waals surface area (Å²) in [6.07, 6.45) is -3.37. The number of hydrogen-bond donors (Lipinski definition) is 0. The first-order valence-corrected chi connectivity index (χ1v) is 3.92. The Morgan fingerprint density at radius 2 is 1.82 bits per heavy atom. The molecule has 0 amide bonds. The van der Waals surface area contributed by atoms with Crippen LogP contribution in [-0.4, -0.2) is 6.18 Å². The molecule has 0 aromatic heterocycles. The van der Waals surface area contributed by atoms with E-state index in [-0.39, 0.29) is 11.8 Å². The molecule has 0 aromatic carbocycles. The second kappa shape index (κ2) is 2.14. The number of hydrogen-bond acceptors (Lipinski definition) is 0. The summed E-state index contributed by atoms with van der Waals surface area (Å²) in [4.78, 5) is 0. The first-order chi connectivity index (χ1) is 4.85. The summed E-state index contributed by atoms with van der Waals surface area (Å²) in [5.74, 6) is -0.338. The summed E-state index contributed by atoms with van der Waals surface area (Å²) in [7, 11) is 0. The topological polar surface area (TPSA) is 0 Å². The minimum Gasteiger partial charge on any atom is -0.170 e.